The van der Waals surface area contributed by atoms with Crippen LogP contribution in [0.25, 0.3) is 0 Å². The summed E-state index contributed by atoms with van der Waals surface area (Å²) in [4.78, 5) is 21.9. The molecule has 0 spiro atoms. The molecule has 1 amide bonds. The predicted molar refractivity (Wildman–Crippen MR) is 52.7 cm³/mol. The second kappa shape index (κ2) is 5.59. The number of carbonyl (C=O) groups excluding carboxylic acids is 1. The summed E-state index contributed by atoms with van der Waals surface area (Å²) in [6.07, 6.45) is 0.411. The van der Waals surface area contributed by atoms with Gasteiger partial charge in [0.05, 0.1) is 6.04 Å². The van der Waals surface area contributed by atoms with Crippen LogP contribution >= 0.6 is 0 Å². The van der Waals surface area contributed by atoms with Gasteiger partial charge in [-0.1, -0.05) is 13.8 Å². The highest BCUT2D eigenvalue weighted by atomic mass is 16.4. The zero-order chi connectivity index (χ0) is 11.3. The van der Waals surface area contributed by atoms with Gasteiger partial charge in [0.15, 0.2) is 0 Å². The van der Waals surface area contributed by atoms with Crippen LogP contribution in [0, 0.1) is 5.92 Å². The van der Waals surface area contributed by atoms with Crippen molar-refractivity contribution in [3.8, 4) is 0 Å². The standard InChI is InChI=1S/C9H18N2O3/c1-5(2)4-7(9(13)14)11-8(12)6(3)10/h5-7H,4,10H2,1-3H3,(H,11,12)(H,13,14)/t6?,7-/m1/s1. The number of nitrogens with one attached hydrogen (secondary N) is 1. The van der Waals surface area contributed by atoms with Gasteiger partial charge in [0.1, 0.15) is 6.04 Å². The Hall–Kier alpha value is -1.10. The van der Waals surface area contributed by atoms with E-state index in [1.807, 2.05) is 13.8 Å². The molecule has 0 aromatic heterocycles. The van der Waals surface area contributed by atoms with Gasteiger partial charge in [-0.15, -0.1) is 0 Å². The average Bonchev–Trinajstić information content (AvgIpc) is 2.01. The number of rotatable bonds is 5. The summed E-state index contributed by atoms with van der Waals surface area (Å²) in [5, 5.41) is 11.2. The van der Waals surface area contributed by atoms with Crippen LogP contribution in [0.5, 0.6) is 0 Å². The van der Waals surface area contributed by atoms with E-state index in [2.05, 4.69) is 5.32 Å². The zero-order valence-corrected chi connectivity index (χ0v) is 8.78. The fraction of sp³-hybridized carbons (Fsp3) is 0.778. The van der Waals surface area contributed by atoms with Crippen molar-refractivity contribution >= 4 is 11.9 Å². The smallest absolute Gasteiger partial charge is 0.326 e. The SMILES string of the molecule is CC(C)C[C@@H](NC(=O)C(C)N)C(=O)O. The van der Waals surface area contributed by atoms with E-state index in [4.69, 9.17) is 10.8 Å². The van der Waals surface area contributed by atoms with E-state index in [-0.39, 0.29) is 5.92 Å². The molecule has 0 aliphatic rings. The van der Waals surface area contributed by atoms with Gasteiger partial charge >= 0.3 is 5.97 Å². The summed E-state index contributed by atoms with van der Waals surface area (Å²) in [6, 6.07) is -1.52. The number of nitrogens with two attached hydrogens (primary N) is 1. The lowest BCUT2D eigenvalue weighted by atomic mass is 10.0. The van der Waals surface area contributed by atoms with E-state index in [0.29, 0.717) is 6.42 Å². The molecule has 0 aliphatic heterocycles. The molecule has 0 saturated heterocycles. The van der Waals surface area contributed by atoms with E-state index >= 15 is 0 Å². The molecule has 5 nitrogen and oxygen atoms in total. The van der Waals surface area contributed by atoms with Crippen LogP contribution in [0.2, 0.25) is 0 Å². The molecule has 0 aromatic rings. The minimum absolute atomic E-state index is 0.212. The number of carboxylic acids is 1. The summed E-state index contributed by atoms with van der Waals surface area (Å²) < 4.78 is 0. The van der Waals surface area contributed by atoms with Gasteiger partial charge in [-0.05, 0) is 19.3 Å². The van der Waals surface area contributed by atoms with Crippen molar-refractivity contribution in [2.75, 3.05) is 0 Å². The molecule has 2 atom stereocenters. The Bertz CT molecular complexity index is 214. The molecule has 5 heteroatoms. The lowest BCUT2D eigenvalue weighted by molar-refractivity contribution is -0.142. The summed E-state index contributed by atoms with van der Waals surface area (Å²) in [5.74, 6) is -1.24. The largest absolute Gasteiger partial charge is 0.480 e. The number of hydrogen-bond acceptors (Lipinski definition) is 3. The maximum atomic E-state index is 11.1. The Labute approximate surface area is 83.7 Å². The van der Waals surface area contributed by atoms with E-state index in [1.54, 1.807) is 0 Å². The summed E-state index contributed by atoms with van der Waals surface area (Å²) in [5.41, 5.74) is 5.31. The van der Waals surface area contributed by atoms with Crippen molar-refractivity contribution in [3.63, 3.8) is 0 Å². The molecule has 0 fully saturated rings. The molecule has 14 heavy (non-hydrogen) atoms. The van der Waals surface area contributed by atoms with E-state index in [0.717, 1.165) is 0 Å². The Morgan fingerprint density at radius 1 is 1.36 bits per heavy atom. The molecular weight excluding hydrogens is 184 g/mol. The van der Waals surface area contributed by atoms with Crippen LogP contribution in [-0.2, 0) is 9.59 Å². The van der Waals surface area contributed by atoms with Gasteiger partial charge < -0.3 is 16.2 Å². The molecule has 4 N–H and O–H groups in total. The van der Waals surface area contributed by atoms with Crippen LogP contribution in [0.15, 0.2) is 0 Å². The summed E-state index contributed by atoms with van der Waals surface area (Å²) in [6.45, 7) is 5.31. The molecule has 0 radical (unpaired) electrons. The van der Waals surface area contributed by atoms with Gasteiger partial charge in [-0.25, -0.2) is 4.79 Å². The number of hydrogen-bond donors (Lipinski definition) is 3. The maximum absolute atomic E-state index is 11.1. The molecule has 0 rings (SSSR count). The minimum Gasteiger partial charge on any atom is -0.480 e. The summed E-state index contributed by atoms with van der Waals surface area (Å²) in [7, 11) is 0. The number of carboxylic acid groups (broad SMARTS) is 1. The molecule has 0 saturated carbocycles. The van der Waals surface area contributed by atoms with Crippen LogP contribution < -0.4 is 11.1 Å². The van der Waals surface area contributed by atoms with Crippen molar-refractivity contribution in [1.82, 2.24) is 5.32 Å². The molecule has 1 unspecified atom stereocenters. The van der Waals surface area contributed by atoms with Crippen molar-refractivity contribution in [2.45, 2.75) is 39.3 Å². The van der Waals surface area contributed by atoms with Gasteiger partial charge in [-0.2, -0.15) is 0 Å². The van der Waals surface area contributed by atoms with Crippen molar-refractivity contribution < 1.29 is 14.7 Å². The first kappa shape index (κ1) is 12.9. The third-order valence-corrected chi connectivity index (χ3v) is 1.74. The molecule has 82 valence electrons. The Kier molecular flexibility index (Phi) is 5.15. The normalized spacial score (nSPS) is 14.9. The monoisotopic (exact) mass is 202 g/mol. The van der Waals surface area contributed by atoms with Crippen molar-refractivity contribution in [2.24, 2.45) is 11.7 Å². The van der Waals surface area contributed by atoms with Crippen molar-refractivity contribution in [1.29, 1.82) is 0 Å². The Morgan fingerprint density at radius 3 is 2.14 bits per heavy atom. The third kappa shape index (κ3) is 4.81. The van der Waals surface area contributed by atoms with Gasteiger partial charge in [0.25, 0.3) is 0 Å². The first-order valence-electron chi connectivity index (χ1n) is 4.63. The predicted octanol–water partition coefficient (Wildman–Crippen LogP) is -0.0509. The molecule has 0 heterocycles. The van der Waals surface area contributed by atoms with Crippen LogP contribution in [0.1, 0.15) is 27.2 Å². The molecule has 0 bridgehead atoms. The van der Waals surface area contributed by atoms with Crippen LogP contribution in [0.3, 0.4) is 0 Å². The lowest BCUT2D eigenvalue weighted by Gasteiger charge is -2.17. The maximum Gasteiger partial charge on any atom is 0.326 e. The third-order valence-electron chi connectivity index (χ3n) is 1.74. The topological polar surface area (TPSA) is 92.4 Å². The van der Waals surface area contributed by atoms with E-state index in [1.165, 1.54) is 6.92 Å². The van der Waals surface area contributed by atoms with Gasteiger partial charge in [0.2, 0.25) is 5.91 Å². The van der Waals surface area contributed by atoms with Crippen LogP contribution in [-0.4, -0.2) is 29.1 Å². The molecule has 0 aliphatic carbocycles. The van der Waals surface area contributed by atoms with Crippen molar-refractivity contribution in [3.05, 3.63) is 0 Å². The zero-order valence-electron chi connectivity index (χ0n) is 8.78. The molecular formula is C9H18N2O3. The Balaban J connectivity index is 4.23. The quantitative estimate of drug-likeness (QED) is 0.582. The fourth-order valence-corrected chi connectivity index (χ4v) is 0.996. The van der Waals surface area contributed by atoms with Crippen LogP contribution in [0.4, 0.5) is 0 Å². The van der Waals surface area contributed by atoms with Gasteiger partial charge in [0, 0.05) is 0 Å². The fourth-order valence-electron chi connectivity index (χ4n) is 0.996. The number of aliphatic carboxylic acids is 1. The Morgan fingerprint density at radius 2 is 1.86 bits per heavy atom. The number of carbonyl (C=O) groups is 2. The minimum atomic E-state index is -1.02. The first-order valence-corrected chi connectivity index (χ1v) is 4.63. The van der Waals surface area contributed by atoms with Gasteiger partial charge in [-0.3, -0.25) is 4.79 Å². The van der Waals surface area contributed by atoms with E-state index < -0.39 is 24.0 Å². The highest BCUT2D eigenvalue weighted by Crippen LogP contribution is 2.04. The summed E-state index contributed by atoms with van der Waals surface area (Å²) >= 11 is 0. The highest BCUT2D eigenvalue weighted by molar-refractivity contribution is 5.86. The second-order valence-electron chi connectivity index (χ2n) is 3.82. The van der Waals surface area contributed by atoms with E-state index in [9.17, 15) is 9.59 Å². The lowest BCUT2D eigenvalue weighted by Crippen LogP contribution is -2.47. The highest BCUT2D eigenvalue weighted by Gasteiger charge is 2.22. The number of amides is 1. The molecule has 0 aromatic carbocycles. The second-order valence-corrected chi connectivity index (χ2v) is 3.82. The average molecular weight is 202 g/mol. The first-order chi connectivity index (χ1) is 6.34.